The van der Waals surface area contributed by atoms with Crippen molar-refractivity contribution in [1.82, 2.24) is 10.2 Å². The van der Waals surface area contributed by atoms with Crippen LogP contribution in [0.3, 0.4) is 0 Å². The van der Waals surface area contributed by atoms with Crippen LogP contribution in [0, 0.1) is 23.5 Å². The summed E-state index contributed by atoms with van der Waals surface area (Å²) in [4.78, 5) is 13.9. The van der Waals surface area contributed by atoms with Gasteiger partial charge in [-0.25, -0.2) is 8.78 Å². The first-order valence-corrected chi connectivity index (χ1v) is 6.61. The molecule has 2 aliphatic rings. The molecule has 0 radical (unpaired) electrons. The molecule has 6 heteroatoms. The second kappa shape index (κ2) is 6.06. The van der Waals surface area contributed by atoms with Crippen LogP contribution in [0.25, 0.3) is 0 Å². The van der Waals surface area contributed by atoms with Gasteiger partial charge in [-0.2, -0.15) is 0 Å². The van der Waals surface area contributed by atoms with Crippen molar-refractivity contribution in [1.29, 1.82) is 0 Å². The van der Waals surface area contributed by atoms with Crippen molar-refractivity contribution < 1.29 is 13.6 Å². The molecule has 0 aliphatic carbocycles. The Morgan fingerprint density at radius 1 is 1.25 bits per heavy atom. The zero-order valence-corrected chi connectivity index (χ0v) is 11.8. The molecule has 1 aromatic rings. The van der Waals surface area contributed by atoms with Gasteiger partial charge in [0.1, 0.15) is 0 Å². The fourth-order valence-electron chi connectivity index (χ4n) is 3.06. The SMILES string of the molecule is Cl.O=C(c1cccc(F)c1F)N1CCC2CNCC2C1. The number of hydrogen-bond donors (Lipinski definition) is 1. The number of hydrogen-bond acceptors (Lipinski definition) is 2. The molecule has 0 saturated carbocycles. The van der Waals surface area contributed by atoms with E-state index in [2.05, 4.69) is 5.32 Å². The number of amides is 1. The van der Waals surface area contributed by atoms with Gasteiger partial charge in [0, 0.05) is 13.1 Å². The van der Waals surface area contributed by atoms with Gasteiger partial charge in [-0.1, -0.05) is 6.07 Å². The van der Waals surface area contributed by atoms with Crippen LogP contribution in [-0.2, 0) is 0 Å². The van der Waals surface area contributed by atoms with Crippen molar-refractivity contribution >= 4 is 18.3 Å². The van der Waals surface area contributed by atoms with E-state index in [9.17, 15) is 13.6 Å². The van der Waals surface area contributed by atoms with Gasteiger partial charge in [-0.15, -0.1) is 12.4 Å². The Morgan fingerprint density at radius 2 is 2.00 bits per heavy atom. The summed E-state index contributed by atoms with van der Waals surface area (Å²) in [6, 6.07) is 3.74. The molecule has 0 spiro atoms. The third-order valence-electron chi connectivity index (χ3n) is 4.17. The van der Waals surface area contributed by atoms with E-state index in [4.69, 9.17) is 0 Å². The molecule has 1 N–H and O–H groups in total. The largest absolute Gasteiger partial charge is 0.338 e. The number of nitrogens with zero attached hydrogens (tertiary/aromatic N) is 1. The van der Waals surface area contributed by atoms with Crippen molar-refractivity contribution in [3.63, 3.8) is 0 Å². The number of halogens is 3. The second-order valence-electron chi connectivity index (χ2n) is 5.32. The minimum Gasteiger partial charge on any atom is -0.338 e. The number of rotatable bonds is 1. The molecule has 1 amide bonds. The quantitative estimate of drug-likeness (QED) is 0.861. The van der Waals surface area contributed by atoms with E-state index < -0.39 is 17.5 Å². The maximum Gasteiger partial charge on any atom is 0.256 e. The molecule has 0 aromatic heterocycles. The van der Waals surface area contributed by atoms with Gasteiger partial charge < -0.3 is 10.2 Å². The average Bonchev–Trinajstić information content (AvgIpc) is 2.88. The van der Waals surface area contributed by atoms with Crippen molar-refractivity contribution in [2.75, 3.05) is 26.2 Å². The Labute approximate surface area is 122 Å². The molecule has 2 atom stereocenters. The maximum absolute atomic E-state index is 13.6. The van der Waals surface area contributed by atoms with E-state index >= 15 is 0 Å². The Balaban J connectivity index is 0.00000147. The van der Waals surface area contributed by atoms with Gasteiger partial charge in [0.05, 0.1) is 5.56 Å². The number of benzene rings is 1. The van der Waals surface area contributed by atoms with Crippen LogP contribution in [0.4, 0.5) is 8.78 Å². The van der Waals surface area contributed by atoms with Crippen LogP contribution in [0.1, 0.15) is 16.8 Å². The highest BCUT2D eigenvalue weighted by Crippen LogP contribution is 2.27. The Kier molecular flexibility index (Phi) is 4.60. The third kappa shape index (κ3) is 2.65. The highest BCUT2D eigenvalue weighted by Gasteiger charge is 2.35. The van der Waals surface area contributed by atoms with E-state index in [1.807, 2.05) is 0 Å². The summed E-state index contributed by atoms with van der Waals surface area (Å²) in [5.74, 6) is -1.36. The van der Waals surface area contributed by atoms with E-state index in [0.29, 0.717) is 24.9 Å². The summed E-state index contributed by atoms with van der Waals surface area (Å²) in [6.07, 6.45) is 0.931. The smallest absolute Gasteiger partial charge is 0.256 e. The highest BCUT2D eigenvalue weighted by atomic mass is 35.5. The Bertz CT molecular complexity index is 512. The molecule has 2 heterocycles. The molecule has 3 rings (SSSR count). The van der Waals surface area contributed by atoms with Gasteiger partial charge in [-0.3, -0.25) is 4.79 Å². The van der Waals surface area contributed by atoms with Crippen molar-refractivity contribution in [3.8, 4) is 0 Å². The van der Waals surface area contributed by atoms with Gasteiger partial charge in [0.25, 0.3) is 5.91 Å². The van der Waals surface area contributed by atoms with Crippen LogP contribution in [0.15, 0.2) is 18.2 Å². The second-order valence-corrected chi connectivity index (χ2v) is 5.32. The number of piperidine rings is 1. The minimum absolute atomic E-state index is 0. The molecule has 2 aliphatic heterocycles. The Morgan fingerprint density at radius 3 is 2.80 bits per heavy atom. The van der Waals surface area contributed by atoms with E-state index in [1.165, 1.54) is 12.1 Å². The lowest BCUT2D eigenvalue weighted by Crippen LogP contribution is -2.43. The molecule has 2 fully saturated rings. The van der Waals surface area contributed by atoms with Crippen molar-refractivity contribution in [2.24, 2.45) is 11.8 Å². The van der Waals surface area contributed by atoms with E-state index in [1.54, 1.807) is 4.90 Å². The van der Waals surface area contributed by atoms with Crippen molar-refractivity contribution in [3.05, 3.63) is 35.4 Å². The van der Waals surface area contributed by atoms with Crippen LogP contribution in [-0.4, -0.2) is 37.0 Å². The zero-order chi connectivity index (χ0) is 13.4. The predicted octanol–water partition coefficient (Wildman–Crippen LogP) is 2.07. The van der Waals surface area contributed by atoms with Gasteiger partial charge in [0.2, 0.25) is 0 Å². The lowest BCUT2D eigenvalue weighted by Gasteiger charge is -2.34. The zero-order valence-electron chi connectivity index (χ0n) is 10.9. The number of nitrogens with one attached hydrogen (secondary N) is 1. The monoisotopic (exact) mass is 302 g/mol. The summed E-state index contributed by atoms with van der Waals surface area (Å²) >= 11 is 0. The first kappa shape index (κ1) is 15.2. The molecule has 110 valence electrons. The molecule has 0 bridgehead atoms. The first-order chi connectivity index (χ1) is 9.16. The molecule has 1 aromatic carbocycles. The average molecular weight is 303 g/mol. The lowest BCUT2D eigenvalue weighted by molar-refractivity contribution is 0.0636. The van der Waals surface area contributed by atoms with Gasteiger partial charge >= 0.3 is 0 Å². The molecule has 20 heavy (non-hydrogen) atoms. The lowest BCUT2D eigenvalue weighted by atomic mass is 9.88. The summed E-state index contributed by atoms with van der Waals surface area (Å²) in [5, 5.41) is 3.31. The standard InChI is InChI=1S/C14H16F2N2O.ClH/c15-12-3-1-2-11(13(12)16)14(19)18-5-4-9-6-17-7-10(9)8-18;/h1-3,9-10,17H,4-8H2;1H. The normalized spacial score (nSPS) is 25.0. The molecule has 2 unspecified atom stereocenters. The predicted molar refractivity (Wildman–Crippen MR) is 74.0 cm³/mol. The number of likely N-dealkylation sites (tertiary alicyclic amines) is 1. The number of carbonyl (C=O) groups is 1. The van der Waals surface area contributed by atoms with Gasteiger partial charge in [-0.05, 0) is 43.5 Å². The van der Waals surface area contributed by atoms with Crippen LogP contribution in [0.2, 0.25) is 0 Å². The van der Waals surface area contributed by atoms with E-state index in [0.717, 1.165) is 25.6 Å². The first-order valence-electron chi connectivity index (χ1n) is 6.61. The molecular formula is C14H17ClF2N2O. The van der Waals surface area contributed by atoms with E-state index in [-0.39, 0.29) is 18.0 Å². The summed E-state index contributed by atoms with van der Waals surface area (Å²) in [7, 11) is 0. The fourth-order valence-corrected chi connectivity index (χ4v) is 3.06. The Hall–Kier alpha value is -1.20. The van der Waals surface area contributed by atoms with Crippen LogP contribution >= 0.6 is 12.4 Å². The molecule has 2 saturated heterocycles. The maximum atomic E-state index is 13.6. The summed E-state index contributed by atoms with van der Waals surface area (Å²) < 4.78 is 26.8. The molecule has 3 nitrogen and oxygen atoms in total. The van der Waals surface area contributed by atoms with Crippen LogP contribution < -0.4 is 5.32 Å². The minimum atomic E-state index is -1.04. The summed E-state index contributed by atoms with van der Waals surface area (Å²) in [5.41, 5.74) is -0.163. The number of carbonyl (C=O) groups excluding carboxylic acids is 1. The van der Waals surface area contributed by atoms with Crippen LogP contribution in [0.5, 0.6) is 0 Å². The number of fused-ring (bicyclic) bond motifs is 1. The van der Waals surface area contributed by atoms with Crippen molar-refractivity contribution in [2.45, 2.75) is 6.42 Å². The highest BCUT2D eigenvalue weighted by molar-refractivity contribution is 5.94. The molecular weight excluding hydrogens is 286 g/mol. The third-order valence-corrected chi connectivity index (χ3v) is 4.17. The topological polar surface area (TPSA) is 32.3 Å². The van der Waals surface area contributed by atoms with Gasteiger partial charge in [0.15, 0.2) is 11.6 Å². The fraction of sp³-hybridized carbons (Fsp3) is 0.500. The summed E-state index contributed by atoms with van der Waals surface area (Å²) in [6.45, 7) is 3.16.